The minimum Gasteiger partial charge on any atom is -0.343 e. The average Bonchev–Trinajstić information content (AvgIpc) is 2.60. The topological polar surface area (TPSA) is 46.6 Å². The quantitative estimate of drug-likeness (QED) is 0.789. The summed E-state index contributed by atoms with van der Waals surface area (Å²) in [5.41, 5.74) is 1.20. The van der Waals surface area contributed by atoms with E-state index in [1.165, 1.54) is 4.90 Å². The zero-order chi connectivity index (χ0) is 18.0. The second kappa shape index (κ2) is 5.02. The molecular formula is C21H21NO3. The van der Waals surface area contributed by atoms with Crippen molar-refractivity contribution in [2.45, 2.75) is 38.9 Å². The number of amides is 2. The van der Waals surface area contributed by atoms with Crippen molar-refractivity contribution in [2.75, 3.05) is 4.90 Å². The predicted octanol–water partition coefficient (Wildman–Crippen LogP) is 3.50. The van der Waals surface area contributed by atoms with E-state index in [9.17, 15) is 9.59 Å². The average molecular weight is 335 g/mol. The van der Waals surface area contributed by atoms with Crippen LogP contribution in [0.3, 0.4) is 0 Å². The van der Waals surface area contributed by atoms with E-state index < -0.39 is 11.2 Å². The fraction of sp³-hybridized carbons (Fsp3) is 0.333. The highest BCUT2D eigenvalue weighted by molar-refractivity contribution is 6.25. The molecule has 0 aromatic heterocycles. The van der Waals surface area contributed by atoms with Crippen LogP contribution in [0.25, 0.3) is 0 Å². The molecule has 4 heteroatoms. The molecule has 4 nitrogen and oxygen atoms in total. The Bertz CT molecular complexity index is 871. The summed E-state index contributed by atoms with van der Waals surface area (Å²) in [7, 11) is 0. The van der Waals surface area contributed by atoms with Crippen LogP contribution in [0.15, 0.2) is 48.5 Å². The Morgan fingerprint density at radius 2 is 1.52 bits per heavy atom. The number of carbonyl (C=O) groups excluding carboxylic acids is 2. The van der Waals surface area contributed by atoms with E-state index in [2.05, 4.69) is 0 Å². The molecule has 3 atom stereocenters. The van der Waals surface area contributed by atoms with Crippen molar-refractivity contribution in [3.05, 3.63) is 65.2 Å². The number of imide groups is 1. The highest BCUT2D eigenvalue weighted by atomic mass is 16.6. The summed E-state index contributed by atoms with van der Waals surface area (Å²) in [6.45, 7) is 7.55. The van der Waals surface area contributed by atoms with E-state index in [0.717, 1.165) is 16.7 Å². The number of morpholine rings is 1. The van der Waals surface area contributed by atoms with Crippen molar-refractivity contribution in [3.63, 3.8) is 0 Å². The number of aryl methyl sites for hydroxylation is 2. The van der Waals surface area contributed by atoms with Crippen molar-refractivity contribution in [2.24, 2.45) is 5.92 Å². The minimum absolute atomic E-state index is 0.219. The number of benzene rings is 2. The van der Waals surface area contributed by atoms with Crippen LogP contribution < -0.4 is 4.90 Å². The summed E-state index contributed by atoms with van der Waals surface area (Å²) in [5, 5.41) is 0. The second-order valence-electron chi connectivity index (χ2n) is 7.22. The van der Waals surface area contributed by atoms with E-state index in [1.54, 1.807) is 6.92 Å². The molecule has 128 valence electrons. The first kappa shape index (κ1) is 16.0. The number of carbonyl (C=O) groups is 2. The lowest BCUT2D eigenvalue weighted by atomic mass is 9.62. The third-order valence-corrected chi connectivity index (χ3v) is 5.82. The normalized spacial score (nSPS) is 31.0. The third-order valence-electron chi connectivity index (χ3n) is 5.82. The van der Waals surface area contributed by atoms with Gasteiger partial charge >= 0.3 is 0 Å². The van der Waals surface area contributed by atoms with Crippen LogP contribution in [0.2, 0.25) is 0 Å². The molecule has 0 saturated carbocycles. The van der Waals surface area contributed by atoms with Crippen LogP contribution in [0.5, 0.6) is 0 Å². The van der Waals surface area contributed by atoms with Crippen molar-refractivity contribution in [1.82, 2.24) is 0 Å². The molecule has 0 radical (unpaired) electrons. The first-order valence-corrected chi connectivity index (χ1v) is 8.55. The predicted molar refractivity (Wildman–Crippen MR) is 95.2 cm³/mol. The van der Waals surface area contributed by atoms with Gasteiger partial charge in [0.2, 0.25) is 0 Å². The summed E-state index contributed by atoms with van der Waals surface area (Å²) in [5.74, 6) is -0.791. The maximum atomic E-state index is 13.5. The summed E-state index contributed by atoms with van der Waals surface area (Å²) < 4.78 is 6.06. The molecule has 3 saturated heterocycles. The molecule has 0 unspecified atom stereocenters. The van der Waals surface area contributed by atoms with Gasteiger partial charge in [-0.25, -0.2) is 4.90 Å². The van der Waals surface area contributed by atoms with E-state index in [1.807, 2.05) is 69.3 Å². The van der Waals surface area contributed by atoms with Gasteiger partial charge in [-0.15, -0.1) is 0 Å². The number of nitrogens with zero attached hydrogens (tertiary/aromatic N) is 1. The summed E-state index contributed by atoms with van der Waals surface area (Å²) in [6.07, 6.45) is 0. The molecular weight excluding hydrogens is 314 g/mol. The smallest absolute Gasteiger partial charge is 0.271 e. The van der Waals surface area contributed by atoms with Crippen LogP contribution in [0, 0.1) is 19.8 Å². The number of anilines is 1. The molecule has 2 amide bonds. The maximum absolute atomic E-state index is 13.5. The number of rotatable bonds is 2. The highest BCUT2D eigenvalue weighted by Crippen LogP contribution is 2.59. The molecule has 3 aliphatic heterocycles. The number of hydrogen-bond donors (Lipinski definition) is 0. The molecule has 0 N–H and O–H groups in total. The Kier molecular flexibility index (Phi) is 3.22. The van der Waals surface area contributed by atoms with Crippen LogP contribution in [0.1, 0.15) is 30.5 Å². The fourth-order valence-corrected chi connectivity index (χ4v) is 4.26. The first-order chi connectivity index (χ1) is 11.8. The molecule has 2 aromatic carbocycles. The van der Waals surface area contributed by atoms with Crippen molar-refractivity contribution < 1.29 is 14.3 Å². The Morgan fingerprint density at radius 3 is 2.08 bits per heavy atom. The van der Waals surface area contributed by atoms with Crippen LogP contribution >= 0.6 is 0 Å². The van der Waals surface area contributed by atoms with Crippen LogP contribution in [-0.2, 0) is 19.9 Å². The monoisotopic (exact) mass is 335 g/mol. The van der Waals surface area contributed by atoms with E-state index >= 15 is 0 Å². The number of ether oxygens (including phenoxy) is 1. The molecule has 3 heterocycles. The van der Waals surface area contributed by atoms with Gasteiger partial charge in [-0.3, -0.25) is 9.59 Å². The highest BCUT2D eigenvalue weighted by Gasteiger charge is 2.75. The van der Waals surface area contributed by atoms with Crippen molar-refractivity contribution in [3.8, 4) is 0 Å². The molecule has 2 bridgehead atoms. The van der Waals surface area contributed by atoms with Gasteiger partial charge in [-0.05, 0) is 37.5 Å². The number of fused-ring (bicyclic) bond motifs is 2. The molecule has 3 fully saturated rings. The maximum Gasteiger partial charge on any atom is 0.271 e. The standard InChI is InChI=1S/C21H21NO3/c1-13-9-8-10-14(2)17(13)22-18(23)20(4)15(3)21(25-20,19(22)24)16-11-6-5-7-12-16/h5-12,15H,1-4H3/t15-,20+,21+/m0/s1. The second-order valence-corrected chi connectivity index (χ2v) is 7.22. The fourth-order valence-electron chi connectivity index (χ4n) is 4.26. The van der Waals surface area contributed by atoms with Gasteiger partial charge in [-0.1, -0.05) is 55.5 Å². The van der Waals surface area contributed by atoms with Gasteiger partial charge in [0.25, 0.3) is 11.8 Å². The molecule has 0 aliphatic carbocycles. The van der Waals surface area contributed by atoms with E-state index in [4.69, 9.17) is 4.74 Å². The molecule has 3 aliphatic rings. The summed E-state index contributed by atoms with van der Waals surface area (Å²) in [6, 6.07) is 15.3. The first-order valence-electron chi connectivity index (χ1n) is 8.55. The van der Waals surface area contributed by atoms with E-state index in [0.29, 0.717) is 5.69 Å². The Balaban J connectivity index is 1.92. The largest absolute Gasteiger partial charge is 0.343 e. The van der Waals surface area contributed by atoms with Gasteiger partial charge in [0, 0.05) is 5.92 Å². The Hall–Kier alpha value is -2.46. The minimum atomic E-state index is -1.10. The molecule has 0 spiro atoms. The summed E-state index contributed by atoms with van der Waals surface area (Å²) in [4.78, 5) is 28.0. The third kappa shape index (κ3) is 1.80. The zero-order valence-electron chi connectivity index (χ0n) is 14.9. The Labute approximate surface area is 147 Å². The lowest BCUT2D eigenvalue weighted by molar-refractivity contribution is -0.298. The van der Waals surface area contributed by atoms with Crippen molar-refractivity contribution in [1.29, 1.82) is 0 Å². The lowest BCUT2D eigenvalue weighted by Crippen LogP contribution is -2.81. The zero-order valence-corrected chi connectivity index (χ0v) is 14.9. The molecule has 2 aromatic rings. The number of piperidine rings is 1. The summed E-state index contributed by atoms with van der Waals surface area (Å²) >= 11 is 0. The van der Waals surface area contributed by atoms with Gasteiger partial charge in [0.1, 0.15) is 0 Å². The molecule has 25 heavy (non-hydrogen) atoms. The molecule has 5 rings (SSSR count). The number of para-hydroxylation sites is 1. The van der Waals surface area contributed by atoms with Gasteiger partial charge in [0.15, 0.2) is 11.2 Å². The Morgan fingerprint density at radius 1 is 0.920 bits per heavy atom. The number of hydrogen-bond acceptors (Lipinski definition) is 3. The lowest BCUT2D eigenvalue weighted by Gasteiger charge is -2.63. The van der Waals surface area contributed by atoms with Crippen LogP contribution in [-0.4, -0.2) is 17.4 Å². The SMILES string of the molecule is Cc1cccc(C)c1N1C(=O)[C@]2(C)O[C@](c3ccccc3)(C1=O)[C@H]2C. The van der Waals surface area contributed by atoms with Crippen LogP contribution in [0.4, 0.5) is 5.69 Å². The van der Waals surface area contributed by atoms with Gasteiger partial charge in [-0.2, -0.15) is 0 Å². The van der Waals surface area contributed by atoms with E-state index in [-0.39, 0.29) is 17.7 Å². The van der Waals surface area contributed by atoms with Gasteiger partial charge < -0.3 is 4.74 Å². The van der Waals surface area contributed by atoms with Gasteiger partial charge in [0.05, 0.1) is 5.69 Å². The van der Waals surface area contributed by atoms with Crippen molar-refractivity contribution >= 4 is 17.5 Å².